The number of benzene rings is 1. The lowest BCUT2D eigenvalue weighted by atomic mass is 9.95. The van der Waals surface area contributed by atoms with Crippen molar-refractivity contribution in [1.29, 1.82) is 0 Å². The Bertz CT molecular complexity index is 487. The van der Waals surface area contributed by atoms with Crippen molar-refractivity contribution in [3.63, 3.8) is 0 Å². The highest BCUT2D eigenvalue weighted by Crippen LogP contribution is 2.29. The van der Waals surface area contributed by atoms with Crippen molar-refractivity contribution in [3.8, 4) is 0 Å². The Kier molecular flexibility index (Phi) is 7.04. The van der Waals surface area contributed by atoms with E-state index in [4.69, 9.17) is 0 Å². The van der Waals surface area contributed by atoms with E-state index in [1.165, 1.54) is 0 Å². The summed E-state index contributed by atoms with van der Waals surface area (Å²) in [6, 6.07) is 5.77. The number of alkyl halides is 4. The zero-order chi connectivity index (χ0) is 17.6. The van der Waals surface area contributed by atoms with Crippen molar-refractivity contribution >= 4 is 0 Å². The minimum Gasteiger partial charge on any atom is -0.314 e. The zero-order valence-electron chi connectivity index (χ0n) is 14.1. The molecule has 1 heterocycles. The van der Waals surface area contributed by atoms with Crippen molar-refractivity contribution in [3.05, 3.63) is 35.4 Å². The Morgan fingerprint density at radius 1 is 1.25 bits per heavy atom. The van der Waals surface area contributed by atoms with E-state index in [-0.39, 0.29) is 6.67 Å². The summed E-state index contributed by atoms with van der Waals surface area (Å²) in [5.74, 6) is 0.445. The predicted octanol–water partition coefficient (Wildman–Crippen LogP) is 4.26. The first-order valence-electron chi connectivity index (χ1n) is 8.57. The summed E-state index contributed by atoms with van der Waals surface area (Å²) in [6.07, 6.45) is -1.84. The number of hydrogen-bond donors (Lipinski definition) is 1. The molecule has 6 heteroatoms. The van der Waals surface area contributed by atoms with Crippen molar-refractivity contribution < 1.29 is 17.6 Å². The van der Waals surface area contributed by atoms with Gasteiger partial charge in [0.05, 0.1) is 12.2 Å². The molecule has 1 aromatic carbocycles. The van der Waals surface area contributed by atoms with E-state index in [0.29, 0.717) is 24.9 Å². The fourth-order valence-corrected chi connectivity index (χ4v) is 3.29. The number of nitrogens with zero attached hydrogens (tertiary/aromatic N) is 1. The average molecular weight is 346 g/mol. The molecule has 1 aliphatic heterocycles. The van der Waals surface area contributed by atoms with Crippen LogP contribution in [-0.4, -0.2) is 37.3 Å². The van der Waals surface area contributed by atoms with Crippen LogP contribution in [0.25, 0.3) is 0 Å². The second-order valence-corrected chi connectivity index (χ2v) is 6.70. The van der Waals surface area contributed by atoms with Crippen LogP contribution in [0, 0.1) is 5.92 Å². The third-order valence-electron chi connectivity index (χ3n) is 4.64. The van der Waals surface area contributed by atoms with Gasteiger partial charge in [-0.2, -0.15) is 13.2 Å². The van der Waals surface area contributed by atoms with Gasteiger partial charge in [0.25, 0.3) is 0 Å². The summed E-state index contributed by atoms with van der Waals surface area (Å²) in [5.41, 5.74) is 0.286. The van der Waals surface area contributed by atoms with Crippen LogP contribution in [0.2, 0.25) is 0 Å². The van der Waals surface area contributed by atoms with Gasteiger partial charge >= 0.3 is 6.18 Å². The fraction of sp³-hybridized carbons (Fsp3) is 0.667. The third-order valence-corrected chi connectivity index (χ3v) is 4.64. The molecule has 24 heavy (non-hydrogen) atoms. The molecular weight excluding hydrogens is 320 g/mol. The first kappa shape index (κ1) is 19.2. The summed E-state index contributed by atoms with van der Waals surface area (Å²) < 4.78 is 50.2. The summed E-state index contributed by atoms with van der Waals surface area (Å²) in [4.78, 5) is 2.32. The maximum absolute atomic E-state index is 12.6. The highest BCUT2D eigenvalue weighted by molar-refractivity contribution is 5.24. The molecule has 2 nitrogen and oxygen atoms in total. The fourth-order valence-electron chi connectivity index (χ4n) is 3.29. The number of hydrogen-bond acceptors (Lipinski definition) is 2. The summed E-state index contributed by atoms with van der Waals surface area (Å²) in [6.45, 7) is 5.15. The van der Waals surface area contributed by atoms with Crippen molar-refractivity contribution in [2.75, 3.05) is 26.3 Å². The lowest BCUT2D eigenvalue weighted by molar-refractivity contribution is -0.137. The highest BCUT2D eigenvalue weighted by Gasteiger charge is 2.30. The Hall–Kier alpha value is -1.14. The summed E-state index contributed by atoms with van der Waals surface area (Å²) >= 11 is 0. The van der Waals surface area contributed by atoms with Gasteiger partial charge in [-0.25, -0.2) is 0 Å². The molecule has 0 aliphatic carbocycles. The van der Waals surface area contributed by atoms with E-state index in [9.17, 15) is 17.6 Å². The Morgan fingerprint density at radius 2 is 1.96 bits per heavy atom. The molecule has 136 valence electrons. The molecule has 2 unspecified atom stereocenters. The maximum Gasteiger partial charge on any atom is 0.416 e. The monoisotopic (exact) mass is 346 g/mol. The van der Waals surface area contributed by atoms with Crippen LogP contribution in [0.3, 0.4) is 0 Å². The number of rotatable bonds is 7. The topological polar surface area (TPSA) is 15.3 Å². The van der Waals surface area contributed by atoms with Gasteiger partial charge in [0.15, 0.2) is 0 Å². The van der Waals surface area contributed by atoms with Crippen molar-refractivity contribution in [1.82, 2.24) is 10.2 Å². The second-order valence-electron chi connectivity index (χ2n) is 6.70. The van der Waals surface area contributed by atoms with E-state index >= 15 is 0 Å². The van der Waals surface area contributed by atoms with Crippen LogP contribution in [0.1, 0.15) is 37.3 Å². The molecular formula is C18H26F4N2. The van der Waals surface area contributed by atoms with Gasteiger partial charge in [0.1, 0.15) is 0 Å². The molecule has 1 aromatic rings. The standard InChI is InChI=1S/C18H26F4N2/c1-14(3-2-8-19)11-17-12-23-9-10-24(17)13-15-4-6-16(7-5-15)18(20,21)22/h4-7,14,17,23H,2-3,8-13H2,1H3. The van der Waals surface area contributed by atoms with Gasteiger partial charge in [-0.15, -0.1) is 0 Å². The van der Waals surface area contributed by atoms with Gasteiger partial charge in [-0.1, -0.05) is 19.1 Å². The SMILES string of the molecule is CC(CCCF)CC1CNCCN1Cc1ccc(C(F)(F)F)cc1. The first-order valence-corrected chi connectivity index (χ1v) is 8.57. The predicted molar refractivity (Wildman–Crippen MR) is 87.5 cm³/mol. The summed E-state index contributed by atoms with van der Waals surface area (Å²) in [5, 5.41) is 3.38. The van der Waals surface area contributed by atoms with E-state index in [2.05, 4.69) is 17.1 Å². The Labute approximate surface area is 141 Å². The lowest BCUT2D eigenvalue weighted by Crippen LogP contribution is -2.51. The van der Waals surface area contributed by atoms with Crippen LogP contribution < -0.4 is 5.32 Å². The average Bonchev–Trinajstić information content (AvgIpc) is 2.54. The van der Waals surface area contributed by atoms with Gasteiger partial charge in [-0.3, -0.25) is 9.29 Å². The third kappa shape index (κ3) is 5.74. The summed E-state index contributed by atoms with van der Waals surface area (Å²) in [7, 11) is 0. The molecule has 0 amide bonds. The maximum atomic E-state index is 12.6. The minimum absolute atomic E-state index is 0.275. The quantitative estimate of drug-likeness (QED) is 0.743. The largest absolute Gasteiger partial charge is 0.416 e. The molecule has 1 N–H and O–H groups in total. The molecule has 0 bridgehead atoms. The normalized spacial score (nSPS) is 21.0. The van der Waals surface area contributed by atoms with E-state index in [0.717, 1.165) is 50.2 Å². The van der Waals surface area contributed by atoms with Crippen LogP contribution in [0.15, 0.2) is 24.3 Å². The zero-order valence-corrected chi connectivity index (χ0v) is 14.1. The molecule has 0 spiro atoms. The minimum atomic E-state index is -4.29. The molecule has 1 saturated heterocycles. The first-order chi connectivity index (χ1) is 11.4. The molecule has 0 saturated carbocycles. The van der Waals surface area contributed by atoms with Crippen molar-refractivity contribution in [2.24, 2.45) is 5.92 Å². The number of nitrogens with one attached hydrogen (secondary N) is 1. The molecule has 0 radical (unpaired) electrons. The highest BCUT2D eigenvalue weighted by atomic mass is 19.4. The molecule has 2 atom stereocenters. The van der Waals surface area contributed by atoms with E-state index in [1.807, 2.05) is 0 Å². The van der Waals surface area contributed by atoms with Crippen LogP contribution >= 0.6 is 0 Å². The Balaban J connectivity index is 1.95. The van der Waals surface area contributed by atoms with Gasteiger partial charge < -0.3 is 5.32 Å². The van der Waals surface area contributed by atoms with Crippen LogP contribution in [0.4, 0.5) is 17.6 Å². The molecule has 1 fully saturated rings. The van der Waals surface area contributed by atoms with Gasteiger partial charge in [0, 0.05) is 32.2 Å². The van der Waals surface area contributed by atoms with Crippen molar-refractivity contribution in [2.45, 2.75) is 44.9 Å². The van der Waals surface area contributed by atoms with E-state index in [1.54, 1.807) is 12.1 Å². The molecule has 2 rings (SSSR count). The second kappa shape index (κ2) is 8.81. The smallest absolute Gasteiger partial charge is 0.314 e. The Morgan fingerprint density at radius 3 is 2.58 bits per heavy atom. The number of halogens is 4. The molecule has 0 aromatic heterocycles. The van der Waals surface area contributed by atoms with E-state index < -0.39 is 11.7 Å². The van der Waals surface area contributed by atoms with Gasteiger partial charge in [-0.05, 0) is 42.9 Å². The van der Waals surface area contributed by atoms with Crippen LogP contribution in [0.5, 0.6) is 0 Å². The molecule has 1 aliphatic rings. The lowest BCUT2D eigenvalue weighted by Gasteiger charge is -2.37. The number of piperazine rings is 1. The van der Waals surface area contributed by atoms with Gasteiger partial charge in [0.2, 0.25) is 0 Å². The van der Waals surface area contributed by atoms with Crippen LogP contribution in [-0.2, 0) is 12.7 Å².